The molecule has 176 valence electrons. The molecule has 2 N–H and O–H groups in total. The average Bonchev–Trinajstić information content (AvgIpc) is 2.83. The maximum Gasteiger partial charge on any atom is 0.252 e. The Morgan fingerprint density at radius 1 is 0.909 bits per heavy atom. The van der Waals surface area contributed by atoms with Crippen molar-refractivity contribution in [3.63, 3.8) is 0 Å². The van der Waals surface area contributed by atoms with E-state index in [1.165, 1.54) is 43.9 Å². The Morgan fingerprint density at radius 3 is 2.42 bits per heavy atom. The summed E-state index contributed by atoms with van der Waals surface area (Å²) in [6.45, 7) is 0.726. The van der Waals surface area contributed by atoms with E-state index in [-0.39, 0.29) is 24.0 Å². The van der Waals surface area contributed by atoms with E-state index in [4.69, 9.17) is 9.47 Å². The summed E-state index contributed by atoms with van der Waals surface area (Å²) >= 11 is 1.40. The van der Waals surface area contributed by atoms with Crippen molar-refractivity contribution in [1.82, 2.24) is 10.6 Å². The molecule has 0 radical (unpaired) electrons. The Bertz CT molecular complexity index is 943. The van der Waals surface area contributed by atoms with Crippen LogP contribution in [0.4, 0.5) is 0 Å². The highest BCUT2D eigenvalue weighted by atomic mass is 32.2. The molecule has 0 spiro atoms. The highest BCUT2D eigenvalue weighted by Gasteiger charge is 2.22. The molecule has 2 aromatic carbocycles. The second-order valence-corrected chi connectivity index (χ2v) is 9.62. The first-order chi connectivity index (χ1) is 16.2. The largest absolute Gasteiger partial charge is 0.486 e. The minimum Gasteiger partial charge on any atom is -0.486 e. The molecule has 1 atom stereocenters. The first-order valence-electron chi connectivity index (χ1n) is 11.9. The number of fused-ring (bicyclic) bond motifs is 1. The fraction of sp³-hybridized carbons (Fsp3) is 0.462. The summed E-state index contributed by atoms with van der Waals surface area (Å²) in [6.07, 6.45) is 8.06. The number of ether oxygens (including phenoxy) is 2. The molecule has 1 aliphatic heterocycles. The van der Waals surface area contributed by atoms with Crippen LogP contribution in [0.2, 0.25) is 0 Å². The fourth-order valence-corrected chi connectivity index (χ4v) is 5.12. The number of para-hydroxylation sites is 2. The van der Waals surface area contributed by atoms with Crippen molar-refractivity contribution in [1.29, 1.82) is 0 Å². The molecule has 1 fully saturated rings. The zero-order valence-corrected chi connectivity index (χ0v) is 19.7. The SMILES string of the molecule is O=C(CSc1ccccc1C(=O)NC[C@H]1COc2ccccc2O1)NC1CCCCCCC1. The number of hydrogen-bond acceptors (Lipinski definition) is 5. The van der Waals surface area contributed by atoms with Gasteiger partial charge in [0.2, 0.25) is 5.91 Å². The Morgan fingerprint density at radius 2 is 1.61 bits per heavy atom. The van der Waals surface area contributed by atoms with Crippen LogP contribution < -0.4 is 20.1 Å². The van der Waals surface area contributed by atoms with Crippen LogP contribution in [-0.4, -0.2) is 42.9 Å². The Balaban J connectivity index is 1.27. The molecule has 1 saturated carbocycles. The highest BCUT2D eigenvalue weighted by Crippen LogP contribution is 2.30. The van der Waals surface area contributed by atoms with E-state index in [9.17, 15) is 9.59 Å². The number of thioether (sulfide) groups is 1. The van der Waals surface area contributed by atoms with Crippen molar-refractivity contribution in [2.75, 3.05) is 18.9 Å². The molecule has 1 heterocycles. The Hall–Kier alpha value is -2.67. The van der Waals surface area contributed by atoms with E-state index in [1.54, 1.807) is 6.07 Å². The molecule has 4 rings (SSSR count). The lowest BCUT2D eigenvalue weighted by Gasteiger charge is -2.26. The molecule has 7 heteroatoms. The van der Waals surface area contributed by atoms with Crippen LogP contribution in [0.5, 0.6) is 11.5 Å². The second-order valence-electron chi connectivity index (χ2n) is 8.60. The number of carbonyl (C=O) groups is 2. The van der Waals surface area contributed by atoms with Gasteiger partial charge in [0.05, 0.1) is 17.9 Å². The number of amides is 2. The van der Waals surface area contributed by atoms with Crippen LogP contribution in [0.3, 0.4) is 0 Å². The van der Waals surface area contributed by atoms with Gasteiger partial charge in [0, 0.05) is 10.9 Å². The van der Waals surface area contributed by atoms with Crippen molar-refractivity contribution < 1.29 is 19.1 Å². The molecule has 2 aromatic rings. The fourth-order valence-electron chi connectivity index (χ4n) is 4.26. The number of nitrogens with one attached hydrogen (secondary N) is 2. The smallest absolute Gasteiger partial charge is 0.252 e. The maximum atomic E-state index is 12.9. The third-order valence-electron chi connectivity index (χ3n) is 6.02. The standard InChI is InChI=1S/C26H32N2O4S/c29-25(28-19-10-4-2-1-3-5-11-19)18-33-24-15-9-6-12-21(24)26(30)27-16-20-17-31-22-13-7-8-14-23(22)32-20/h6-9,12-15,19-20H,1-5,10-11,16-18H2,(H,27,30)(H,28,29)/t20-/m0/s1. The van der Waals surface area contributed by atoms with Gasteiger partial charge >= 0.3 is 0 Å². The lowest BCUT2D eigenvalue weighted by molar-refractivity contribution is -0.119. The zero-order valence-electron chi connectivity index (χ0n) is 18.9. The van der Waals surface area contributed by atoms with Gasteiger partial charge in [0.15, 0.2) is 11.5 Å². The normalized spacial score (nSPS) is 18.6. The molecule has 6 nitrogen and oxygen atoms in total. The first kappa shape index (κ1) is 23.5. The lowest BCUT2D eigenvalue weighted by atomic mass is 9.97. The molecule has 0 aromatic heterocycles. The first-order valence-corrected chi connectivity index (χ1v) is 12.9. The van der Waals surface area contributed by atoms with Gasteiger partial charge in [-0.3, -0.25) is 9.59 Å². The van der Waals surface area contributed by atoms with Gasteiger partial charge < -0.3 is 20.1 Å². The molecular weight excluding hydrogens is 436 g/mol. The summed E-state index contributed by atoms with van der Waals surface area (Å²) in [7, 11) is 0. The predicted octanol–water partition coefficient (Wildman–Crippen LogP) is 4.58. The monoisotopic (exact) mass is 468 g/mol. The van der Waals surface area contributed by atoms with E-state index in [0.717, 1.165) is 23.5 Å². The number of hydrogen-bond donors (Lipinski definition) is 2. The topological polar surface area (TPSA) is 76.7 Å². The Labute approximate surface area is 199 Å². The Kier molecular flexibility index (Phi) is 8.53. The molecular formula is C26H32N2O4S. The minimum atomic E-state index is -0.252. The number of carbonyl (C=O) groups excluding carboxylic acids is 2. The minimum absolute atomic E-state index is 0.0344. The van der Waals surface area contributed by atoms with Crippen LogP contribution >= 0.6 is 11.8 Å². The van der Waals surface area contributed by atoms with E-state index >= 15 is 0 Å². The maximum absolute atomic E-state index is 12.9. The van der Waals surface area contributed by atoms with Crippen LogP contribution in [0.25, 0.3) is 0 Å². The molecule has 33 heavy (non-hydrogen) atoms. The zero-order chi connectivity index (χ0) is 22.9. The lowest BCUT2D eigenvalue weighted by Crippen LogP contribution is -2.40. The van der Waals surface area contributed by atoms with Crippen molar-refractivity contribution in [2.45, 2.75) is 62.0 Å². The van der Waals surface area contributed by atoms with Gasteiger partial charge in [-0.1, -0.05) is 56.4 Å². The molecule has 0 bridgehead atoms. The van der Waals surface area contributed by atoms with Crippen LogP contribution in [0, 0.1) is 0 Å². The van der Waals surface area contributed by atoms with Crippen LogP contribution in [0.1, 0.15) is 55.3 Å². The van der Waals surface area contributed by atoms with Gasteiger partial charge in [-0.15, -0.1) is 11.8 Å². The van der Waals surface area contributed by atoms with Crippen LogP contribution in [0.15, 0.2) is 53.4 Å². The molecule has 1 aliphatic carbocycles. The second kappa shape index (κ2) is 12.0. The summed E-state index contributed by atoms with van der Waals surface area (Å²) in [5.41, 5.74) is 0.568. The summed E-state index contributed by atoms with van der Waals surface area (Å²) < 4.78 is 11.6. The third-order valence-corrected chi connectivity index (χ3v) is 7.09. The van der Waals surface area contributed by atoms with Crippen molar-refractivity contribution in [3.05, 3.63) is 54.1 Å². The van der Waals surface area contributed by atoms with E-state index in [0.29, 0.717) is 30.2 Å². The molecule has 0 saturated heterocycles. The van der Waals surface area contributed by atoms with Crippen molar-refractivity contribution in [3.8, 4) is 11.5 Å². The highest BCUT2D eigenvalue weighted by molar-refractivity contribution is 8.00. The molecule has 2 aliphatic rings. The van der Waals surface area contributed by atoms with Crippen LogP contribution in [-0.2, 0) is 4.79 Å². The number of rotatable bonds is 7. The van der Waals surface area contributed by atoms with Gasteiger partial charge in [0.25, 0.3) is 5.91 Å². The summed E-state index contributed by atoms with van der Waals surface area (Å²) in [5, 5.41) is 6.14. The van der Waals surface area contributed by atoms with E-state index < -0.39 is 0 Å². The third kappa shape index (κ3) is 6.90. The summed E-state index contributed by atoms with van der Waals surface area (Å²) in [6, 6.07) is 15.2. The number of benzene rings is 2. The van der Waals surface area contributed by atoms with E-state index in [2.05, 4.69) is 10.6 Å². The molecule has 0 unspecified atom stereocenters. The van der Waals surface area contributed by atoms with Crippen molar-refractivity contribution in [2.24, 2.45) is 0 Å². The van der Waals surface area contributed by atoms with Gasteiger partial charge in [-0.25, -0.2) is 0 Å². The average molecular weight is 469 g/mol. The van der Waals surface area contributed by atoms with E-state index in [1.807, 2.05) is 42.5 Å². The van der Waals surface area contributed by atoms with Gasteiger partial charge in [0.1, 0.15) is 12.7 Å². The molecule has 2 amide bonds. The summed E-state index contributed by atoms with van der Waals surface area (Å²) in [4.78, 5) is 26.2. The van der Waals surface area contributed by atoms with Gasteiger partial charge in [-0.05, 0) is 37.1 Å². The van der Waals surface area contributed by atoms with Gasteiger partial charge in [-0.2, -0.15) is 0 Å². The quantitative estimate of drug-likeness (QED) is 0.582. The summed E-state index contributed by atoms with van der Waals surface area (Å²) in [5.74, 6) is 1.57. The van der Waals surface area contributed by atoms with Crippen molar-refractivity contribution >= 4 is 23.6 Å². The predicted molar refractivity (Wildman–Crippen MR) is 130 cm³/mol.